The largest absolute Gasteiger partial charge is 0.409 e. The highest BCUT2D eigenvalue weighted by molar-refractivity contribution is 9.10. The van der Waals surface area contributed by atoms with Crippen LogP contribution >= 0.6 is 27.5 Å². The average molecular weight is 375 g/mol. The fourth-order valence-corrected chi connectivity index (χ4v) is 3.41. The van der Waals surface area contributed by atoms with Gasteiger partial charge in [0.1, 0.15) is 5.54 Å². The van der Waals surface area contributed by atoms with E-state index in [1.165, 1.54) is 0 Å². The molecular formula is C14H17BrClN3O2. The van der Waals surface area contributed by atoms with Gasteiger partial charge in [0.25, 0.3) is 5.91 Å². The lowest BCUT2D eigenvalue weighted by Crippen LogP contribution is -2.58. The Morgan fingerprint density at radius 2 is 2.05 bits per heavy atom. The van der Waals surface area contributed by atoms with Crippen molar-refractivity contribution in [2.24, 2.45) is 10.9 Å². The molecule has 1 aliphatic carbocycles. The van der Waals surface area contributed by atoms with Crippen LogP contribution in [0.1, 0.15) is 42.5 Å². The molecule has 0 spiro atoms. The number of amides is 1. The van der Waals surface area contributed by atoms with Crippen LogP contribution in [0.5, 0.6) is 0 Å². The van der Waals surface area contributed by atoms with Crippen molar-refractivity contribution < 1.29 is 10.0 Å². The lowest BCUT2D eigenvalue weighted by molar-refractivity contribution is 0.0906. The number of benzene rings is 1. The van der Waals surface area contributed by atoms with E-state index in [-0.39, 0.29) is 11.7 Å². The molecule has 5 nitrogen and oxygen atoms in total. The topological polar surface area (TPSA) is 87.7 Å². The van der Waals surface area contributed by atoms with Gasteiger partial charge in [0.05, 0.1) is 10.6 Å². The molecule has 1 saturated carbocycles. The fourth-order valence-electron chi connectivity index (χ4n) is 2.65. The fraction of sp³-hybridized carbons (Fsp3) is 0.429. The van der Waals surface area contributed by atoms with Gasteiger partial charge in [-0.15, -0.1) is 0 Å². The molecule has 0 aromatic heterocycles. The minimum absolute atomic E-state index is 0.0452. The number of carbonyl (C=O) groups excluding carboxylic acids is 1. The summed E-state index contributed by atoms with van der Waals surface area (Å²) in [5, 5.41) is 15.4. The number of rotatable bonds is 3. The maximum Gasteiger partial charge on any atom is 0.253 e. The number of nitrogens with one attached hydrogen (secondary N) is 1. The second kappa shape index (κ2) is 6.66. The number of hydrogen-bond acceptors (Lipinski definition) is 3. The first kappa shape index (κ1) is 16.1. The third kappa shape index (κ3) is 3.49. The van der Waals surface area contributed by atoms with Crippen LogP contribution in [0.25, 0.3) is 0 Å². The van der Waals surface area contributed by atoms with E-state index >= 15 is 0 Å². The van der Waals surface area contributed by atoms with Crippen molar-refractivity contribution in [3.63, 3.8) is 0 Å². The Hall–Kier alpha value is -1.27. The third-order valence-corrected chi connectivity index (χ3v) is 4.64. The first-order valence-corrected chi connectivity index (χ1v) is 7.91. The van der Waals surface area contributed by atoms with E-state index in [2.05, 4.69) is 26.4 Å². The summed E-state index contributed by atoms with van der Waals surface area (Å²) >= 11 is 9.40. The molecule has 114 valence electrons. The Labute approximate surface area is 136 Å². The summed E-state index contributed by atoms with van der Waals surface area (Å²) in [5.41, 5.74) is 5.40. The molecule has 1 aromatic carbocycles. The lowest BCUT2D eigenvalue weighted by Gasteiger charge is -2.36. The maximum absolute atomic E-state index is 12.5. The summed E-state index contributed by atoms with van der Waals surface area (Å²) in [6.07, 6.45) is 4.23. The van der Waals surface area contributed by atoms with Gasteiger partial charge in [0.2, 0.25) is 0 Å². The average Bonchev–Trinajstić information content (AvgIpc) is 2.47. The molecule has 0 atom stereocenters. The highest BCUT2D eigenvalue weighted by atomic mass is 79.9. The van der Waals surface area contributed by atoms with Crippen LogP contribution in [-0.2, 0) is 0 Å². The Balaban J connectivity index is 2.26. The van der Waals surface area contributed by atoms with Crippen molar-refractivity contribution >= 4 is 39.3 Å². The summed E-state index contributed by atoms with van der Waals surface area (Å²) in [6, 6.07) is 5.05. The Morgan fingerprint density at radius 1 is 1.38 bits per heavy atom. The molecule has 0 heterocycles. The number of halogens is 2. The number of nitrogens with zero attached hydrogens (tertiary/aromatic N) is 1. The van der Waals surface area contributed by atoms with E-state index < -0.39 is 5.54 Å². The zero-order valence-electron chi connectivity index (χ0n) is 11.4. The van der Waals surface area contributed by atoms with Crippen LogP contribution in [0.4, 0.5) is 0 Å². The van der Waals surface area contributed by atoms with Crippen LogP contribution < -0.4 is 11.1 Å². The van der Waals surface area contributed by atoms with Crippen molar-refractivity contribution in [2.75, 3.05) is 0 Å². The normalized spacial score (nSPS) is 18.3. The van der Waals surface area contributed by atoms with Crippen LogP contribution in [0.2, 0.25) is 5.02 Å². The van der Waals surface area contributed by atoms with Crippen LogP contribution in [0, 0.1) is 0 Å². The molecule has 0 unspecified atom stereocenters. The van der Waals surface area contributed by atoms with E-state index in [0.717, 1.165) is 23.7 Å². The minimum atomic E-state index is -0.791. The van der Waals surface area contributed by atoms with E-state index in [9.17, 15) is 4.79 Å². The predicted molar refractivity (Wildman–Crippen MR) is 85.8 cm³/mol. The molecule has 7 heteroatoms. The molecule has 1 aromatic rings. The highest BCUT2D eigenvalue weighted by Crippen LogP contribution is 2.30. The van der Waals surface area contributed by atoms with E-state index in [1.54, 1.807) is 18.2 Å². The third-order valence-electron chi connectivity index (χ3n) is 3.83. The van der Waals surface area contributed by atoms with Gasteiger partial charge in [0, 0.05) is 4.47 Å². The Kier molecular flexibility index (Phi) is 5.11. The van der Waals surface area contributed by atoms with Crippen molar-refractivity contribution in [1.82, 2.24) is 5.32 Å². The molecule has 1 aliphatic rings. The SMILES string of the molecule is N/C(=N/O)C1(NC(=O)c2ccc(Br)cc2Cl)CCCCC1. The molecule has 0 aliphatic heterocycles. The second-order valence-corrected chi connectivity index (χ2v) is 6.53. The number of nitrogens with two attached hydrogens (primary N) is 1. The summed E-state index contributed by atoms with van der Waals surface area (Å²) in [7, 11) is 0. The van der Waals surface area contributed by atoms with E-state index in [0.29, 0.717) is 23.4 Å². The summed E-state index contributed by atoms with van der Waals surface area (Å²) in [6.45, 7) is 0. The molecule has 1 fully saturated rings. The number of carbonyl (C=O) groups is 1. The monoisotopic (exact) mass is 373 g/mol. The van der Waals surface area contributed by atoms with Gasteiger partial charge in [0.15, 0.2) is 5.84 Å². The molecule has 2 rings (SSSR count). The van der Waals surface area contributed by atoms with E-state index in [1.807, 2.05) is 0 Å². The van der Waals surface area contributed by atoms with Crippen molar-refractivity contribution in [3.8, 4) is 0 Å². The molecule has 21 heavy (non-hydrogen) atoms. The number of oxime groups is 1. The van der Waals surface area contributed by atoms with Gasteiger partial charge in [-0.05, 0) is 31.0 Å². The van der Waals surface area contributed by atoms with Gasteiger partial charge in [-0.2, -0.15) is 0 Å². The van der Waals surface area contributed by atoms with Gasteiger partial charge in [-0.1, -0.05) is 51.9 Å². The molecular weight excluding hydrogens is 358 g/mol. The van der Waals surface area contributed by atoms with Crippen molar-refractivity contribution in [1.29, 1.82) is 0 Å². The first-order chi connectivity index (χ1) is 9.98. The smallest absolute Gasteiger partial charge is 0.253 e. The van der Waals surface area contributed by atoms with Crippen molar-refractivity contribution in [3.05, 3.63) is 33.3 Å². The molecule has 1 amide bonds. The molecule has 0 bridgehead atoms. The zero-order chi connectivity index (χ0) is 15.5. The summed E-state index contributed by atoms with van der Waals surface area (Å²) < 4.78 is 0.799. The second-order valence-electron chi connectivity index (χ2n) is 5.21. The lowest BCUT2D eigenvalue weighted by atomic mass is 9.80. The van der Waals surface area contributed by atoms with Gasteiger partial charge >= 0.3 is 0 Å². The summed E-state index contributed by atoms with van der Waals surface area (Å²) in [5.74, 6) is -0.273. The number of hydrogen-bond donors (Lipinski definition) is 3. The van der Waals surface area contributed by atoms with Gasteiger partial charge in [-0.25, -0.2) is 0 Å². The van der Waals surface area contributed by atoms with E-state index in [4.69, 9.17) is 22.5 Å². The van der Waals surface area contributed by atoms with Crippen LogP contribution in [0.15, 0.2) is 27.8 Å². The van der Waals surface area contributed by atoms with Gasteiger partial charge in [-0.3, -0.25) is 4.79 Å². The first-order valence-electron chi connectivity index (χ1n) is 6.74. The zero-order valence-corrected chi connectivity index (χ0v) is 13.7. The number of amidine groups is 1. The molecule has 0 radical (unpaired) electrons. The Morgan fingerprint density at radius 3 is 2.62 bits per heavy atom. The predicted octanol–water partition coefficient (Wildman–Crippen LogP) is 3.28. The summed E-state index contributed by atoms with van der Waals surface area (Å²) in [4.78, 5) is 12.5. The molecule has 4 N–H and O–H groups in total. The van der Waals surface area contributed by atoms with Crippen molar-refractivity contribution in [2.45, 2.75) is 37.6 Å². The van der Waals surface area contributed by atoms with Crippen LogP contribution in [-0.4, -0.2) is 22.5 Å². The van der Waals surface area contributed by atoms with Crippen LogP contribution in [0.3, 0.4) is 0 Å². The quantitative estimate of drug-likeness (QED) is 0.328. The standard InChI is InChI=1S/C14H17BrClN3O2/c15-9-4-5-10(11(16)8-9)12(20)18-14(13(17)19-21)6-2-1-3-7-14/h4-5,8,21H,1-3,6-7H2,(H2,17,19)(H,18,20). The Bertz CT molecular complexity index is 571. The van der Waals surface area contributed by atoms with Gasteiger partial charge < -0.3 is 16.3 Å². The minimum Gasteiger partial charge on any atom is -0.409 e. The maximum atomic E-state index is 12.5. The highest BCUT2D eigenvalue weighted by Gasteiger charge is 2.38. The molecule has 0 saturated heterocycles.